The number of nitrogens with one attached hydrogen (secondary N) is 1. The van der Waals surface area contributed by atoms with Gasteiger partial charge in [-0.15, -0.1) is 0 Å². The molecule has 28 heavy (non-hydrogen) atoms. The summed E-state index contributed by atoms with van der Waals surface area (Å²) in [6.07, 6.45) is 2.81. The van der Waals surface area contributed by atoms with E-state index in [0.29, 0.717) is 29.5 Å². The molecule has 7 nitrogen and oxygen atoms in total. The lowest BCUT2D eigenvalue weighted by Gasteiger charge is -2.08. The van der Waals surface area contributed by atoms with Gasteiger partial charge in [0.1, 0.15) is 5.75 Å². The first-order valence-corrected chi connectivity index (χ1v) is 8.65. The van der Waals surface area contributed by atoms with E-state index in [9.17, 15) is 9.59 Å². The van der Waals surface area contributed by atoms with Crippen molar-refractivity contribution in [2.75, 3.05) is 32.8 Å². The number of carbonyl (C=O) groups is 2. The minimum Gasteiger partial charge on any atom is -0.494 e. The lowest BCUT2D eigenvalue weighted by Crippen LogP contribution is -2.20. The summed E-state index contributed by atoms with van der Waals surface area (Å²) >= 11 is 0. The molecule has 0 aliphatic heterocycles. The Morgan fingerprint density at radius 2 is 1.71 bits per heavy atom. The lowest BCUT2D eigenvalue weighted by molar-refractivity contribution is -0.142. The van der Waals surface area contributed by atoms with E-state index in [1.807, 2.05) is 6.92 Å². The third-order valence-electron chi connectivity index (χ3n) is 3.61. The number of anilines is 1. The topological polar surface area (TPSA) is 83.1 Å². The van der Waals surface area contributed by atoms with Crippen LogP contribution in [-0.4, -0.2) is 39.3 Å². The number of ether oxygens (including phenoxy) is 4. The minimum atomic E-state index is -0.628. The van der Waals surface area contributed by atoms with E-state index in [1.54, 1.807) is 55.7 Å². The van der Waals surface area contributed by atoms with Gasteiger partial charge < -0.3 is 24.3 Å². The Morgan fingerprint density at radius 1 is 1.00 bits per heavy atom. The summed E-state index contributed by atoms with van der Waals surface area (Å²) in [5, 5.41) is 2.64. The van der Waals surface area contributed by atoms with Gasteiger partial charge in [-0.3, -0.25) is 4.79 Å². The van der Waals surface area contributed by atoms with E-state index < -0.39 is 11.9 Å². The van der Waals surface area contributed by atoms with E-state index in [0.717, 1.165) is 5.56 Å². The molecule has 0 fully saturated rings. The molecule has 2 aromatic rings. The number of benzene rings is 2. The van der Waals surface area contributed by atoms with Crippen LogP contribution in [0.1, 0.15) is 12.5 Å². The Labute approximate surface area is 163 Å². The molecular weight excluding hydrogens is 362 g/mol. The summed E-state index contributed by atoms with van der Waals surface area (Å²) in [6, 6.07) is 12.1. The van der Waals surface area contributed by atoms with E-state index in [-0.39, 0.29) is 6.61 Å². The summed E-state index contributed by atoms with van der Waals surface area (Å²) in [5.74, 6) is 0.793. The zero-order valence-corrected chi connectivity index (χ0v) is 16.1. The molecule has 7 heteroatoms. The molecule has 0 saturated carbocycles. The smallest absolute Gasteiger partial charge is 0.331 e. The molecule has 0 aromatic heterocycles. The van der Waals surface area contributed by atoms with Crippen molar-refractivity contribution in [1.29, 1.82) is 0 Å². The Kier molecular flexibility index (Phi) is 7.90. The first-order valence-electron chi connectivity index (χ1n) is 8.65. The second kappa shape index (κ2) is 10.6. The fourth-order valence-electron chi connectivity index (χ4n) is 2.30. The van der Waals surface area contributed by atoms with Crippen molar-refractivity contribution in [1.82, 2.24) is 0 Å². The van der Waals surface area contributed by atoms with Gasteiger partial charge in [0.15, 0.2) is 18.1 Å². The van der Waals surface area contributed by atoms with Gasteiger partial charge in [0, 0.05) is 11.8 Å². The van der Waals surface area contributed by atoms with Crippen molar-refractivity contribution in [2.24, 2.45) is 0 Å². The molecule has 0 aliphatic carbocycles. The summed E-state index contributed by atoms with van der Waals surface area (Å²) in [7, 11) is 3.08. The van der Waals surface area contributed by atoms with Gasteiger partial charge in [-0.05, 0) is 55.0 Å². The largest absolute Gasteiger partial charge is 0.494 e. The monoisotopic (exact) mass is 385 g/mol. The number of hydrogen-bond donors (Lipinski definition) is 1. The molecule has 0 heterocycles. The Bertz CT molecular complexity index is 829. The Hall–Kier alpha value is -3.48. The third-order valence-corrected chi connectivity index (χ3v) is 3.61. The minimum absolute atomic E-state index is 0.387. The number of amides is 1. The second-order valence-electron chi connectivity index (χ2n) is 5.56. The summed E-state index contributed by atoms with van der Waals surface area (Å²) in [5.41, 5.74) is 1.32. The van der Waals surface area contributed by atoms with Crippen LogP contribution in [0, 0.1) is 0 Å². The number of carbonyl (C=O) groups excluding carboxylic acids is 2. The van der Waals surface area contributed by atoms with E-state index in [1.165, 1.54) is 13.2 Å². The van der Waals surface area contributed by atoms with Crippen LogP contribution in [0.4, 0.5) is 5.69 Å². The van der Waals surface area contributed by atoms with Gasteiger partial charge in [0.05, 0.1) is 20.8 Å². The first-order chi connectivity index (χ1) is 13.5. The van der Waals surface area contributed by atoms with Gasteiger partial charge in [0.2, 0.25) is 0 Å². The van der Waals surface area contributed by atoms with Crippen LogP contribution in [0.3, 0.4) is 0 Å². The summed E-state index contributed by atoms with van der Waals surface area (Å²) in [6.45, 7) is 2.07. The van der Waals surface area contributed by atoms with Crippen molar-refractivity contribution < 1.29 is 28.5 Å². The van der Waals surface area contributed by atoms with Crippen LogP contribution in [0.2, 0.25) is 0 Å². The first kappa shape index (κ1) is 20.8. The second-order valence-corrected chi connectivity index (χ2v) is 5.56. The van der Waals surface area contributed by atoms with Gasteiger partial charge >= 0.3 is 5.97 Å². The molecule has 0 aliphatic rings. The highest BCUT2D eigenvalue weighted by Crippen LogP contribution is 2.27. The van der Waals surface area contributed by atoms with Crippen molar-refractivity contribution in [3.8, 4) is 17.2 Å². The van der Waals surface area contributed by atoms with Gasteiger partial charge in [0.25, 0.3) is 5.91 Å². The van der Waals surface area contributed by atoms with Crippen LogP contribution in [-0.2, 0) is 14.3 Å². The zero-order chi connectivity index (χ0) is 20.4. The fraction of sp³-hybridized carbons (Fsp3) is 0.238. The van der Waals surface area contributed by atoms with Crippen molar-refractivity contribution >= 4 is 23.6 Å². The van der Waals surface area contributed by atoms with Crippen LogP contribution in [0.15, 0.2) is 48.5 Å². The number of rotatable bonds is 9. The normalized spacial score (nSPS) is 10.4. The maximum atomic E-state index is 11.9. The predicted octanol–water partition coefficient (Wildman–Crippen LogP) is 3.30. The zero-order valence-electron chi connectivity index (χ0n) is 16.1. The molecule has 0 bridgehead atoms. The maximum absolute atomic E-state index is 11.9. The van der Waals surface area contributed by atoms with Gasteiger partial charge in [-0.1, -0.05) is 6.07 Å². The fourth-order valence-corrected chi connectivity index (χ4v) is 2.30. The molecule has 1 N–H and O–H groups in total. The molecule has 2 rings (SSSR count). The molecular formula is C21H23NO6. The molecule has 2 aromatic carbocycles. The maximum Gasteiger partial charge on any atom is 0.331 e. The van der Waals surface area contributed by atoms with Crippen molar-refractivity contribution in [3.05, 3.63) is 54.1 Å². The average Bonchev–Trinajstić information content (AvgIpc) is 2.72. The standard InChI is InChI=1S/C21H23NO6/c1-4-27-17-9-7-16(8-10-17)22-20(23)14-28-21(24)12-6-15-5-11-18(25-2)19(13-15)26-3/h5-13H,4,14H2,1-3H3,(H,22,23)/b12-6+. The quantitative estimate of drug-likeness (QED) is 0.527. The van der Waals surface area contributed by atoms with Crippen molar-refractivity contribution in [3.63, 3.8) is 0 Å². The average molecular weight is 385 g/mol. The van der Waals surface area contributed by atoms with Crippen molar-refractivity contribution in [2.45, 2.75) is 6.92 Å². The Balaban J connectivity index is 1.82. The van der Waals surface area contributed by atoms with E-state index in [2.05, 4.69) is 5.32 Å². The SMILES string of the molecule is CCOc1ccc(NC(=O)COC(=O)/C=C/c2ccc(OC)c(OC)c2)cc1. The lowest BCUT2D eigenvalue weighted by atomic mass is 10.2. The predicted molar refractivity (Wildman–Crippen MR) is 106 cm³/mol. The van der Waals surface area contributed by atoms with E-state index in [4.69, 9.17) is 18.9 Å². The summed E-state index contributed by atoms with van der Waals surface area (Å²) < 4.78 is 20.6. The molecule has 1 amide bonds. The number of esters is 1. The third kappa shape index (κ3) is 6.35. The molecule has 0 atom stereocenters. The van der Waals surface area contributed by atoms with Crippen LogP contribution < -0.4 is 19.5 Å². The van der Waals surface area contributed by atoms with Crippen LogP contribution in [0.25, 0.3) is 6.08 Å². The highest BCUT2D eigenvalue weighted by Gasteiger charge is 2.07. The highest BCUT2D eigenvalue weighted by molar-refractivity contribution is 5.94. The molecule has 0 radical (unpaired) electrons. The molecule has 0 unspecified atom stereocenters. The number of hydrogen-bond acceptors (Lipinski definition) is 6. The van der Waals surface area contributed by atoms with Gasteiger partial charge in [-0.25, -0.2) is 4.79 Å². The molecule has 0 saturated heterocycles. The molecule has 148 valence electrons. The number of methoxy groups -OCH3 is 2. The summed E-state index contributed by atoms with van der Waals surface area (Å²) in [4.78, 5) is 23.7. The Morgan fingerprint density at radius 3 is 2.36 bits per heavy atom. The van der Waals surface area contributed by atoms with Crippen LogP contribution in [0.5, 0.6) is 17.2 Å². The van der Waals surface area contributed by atoms with Gasteiger partial charge in [-0.2, -0.15) is 0 Å². The molecule has 0 spiro atoms. The van der Waals surface area contributed by atoms with Crippen LogP contribution >= 0.6 is 0 Å². The highest BCUT2D eigenvalue weighted by atomic mass is 16.5. The van der Waals surface area contributed by atoms with E-state index >= 15 is 0 Å².